The molecule has 0 saturated heterocycles. The first-order valence-electron chi connectivity index (χ1n) is 19.2. The quantitative estimate of drug-likeness (QED) is 0.0661. The van der Waals surface area contributed by atoms with Crippen LogP contribution in [0, 0.1) is 40.5 Å². The van der Waals surface area contributed by atoms with Gasteiger partial charge in [0.25, 0.3) is 0 Å². The van der Waals surface area contributed by atoms with E-state index in [0.717, 1.165) is 34.0 Å². The molecule has 2 nitrogen and oxygen atoms in total. The predicted molar refractivity (Wildman–Crippen MR) is 243 cm³/mol. The molecule has 0 aromatic heterocycles. The second-order valence-corrected chi connectivity index (χ2v) is 13.7. The van der Waals surface area contributed by atoms with Crippen molar-refractivity contribution in [3.05, 3.63) is 142 Å². The summed E-state index contributed by atoms with van der Waals surface area (Å²) in [4.78, 5) is 1.87. The SMILES string of the molecule is CC.CC.CC.C\C=C/C=C\C(\C=C/C)=C\C(C)CC(Cc1cc2ccccc2cc1C)(Nc1cc(C)c(C)cc1S)Nc1cc(C)c(C)cc1S. The third-order valence-electron chi connectivity index (χ3n) is 8.77. The molecule has 0 aliphatic rings. The van der Waals surface area contributed by atoms with Crippen LogP contribution in [-0.2, 0) is 6.42 Å². The van der Waals surface area contributed by atoms with Gasteiger partial charge in [-0.05, 0) is 135 Å². The molecule has 52 heavy (non-hydrogen) atoms. The molecule has 1 atom stereocenters. The normalized spacial score (nSPS) is 12.2. The molecule has 0 fully saturated rings. The Morgan fingerprint density at radius 2 is 1.12 bits per heavy atom. The van der Waals surface area contributed by atoms with E-state index >= 15 is 0 Å². The van der Waals surface area contributed by atoms with Crippen molar-refractivity contribution in [3.63, 3.8) is 0 Å². The van der Waals surface area contributed by atoms with Crippen molar-refractivity contribution in [2.75, 3.05) is 10.6 Å². The van der Waals surface area contributed by atoms with Gasteiger partial charge in [-0.3, -0.25) is 0 Å². The number of hydrogen-bond acceptors (Lipinski definition) is 4. The fourth-order valence-corrected chi connectivity index (χ4v) is 6.73. The first kappa shape index (κ1) is 46.4. The Hall–Kier alpha value is -3.60. The van der Waals surface area contributed by atoms with E-state index in [1.54, 1.807) is 0 Å². The summed E-state index contributed by atoms with van der Waals surface area (Å²) in [5, 5.41) is 10.6. The molecule has 2 N–H and O–H groups in total. The Balaban J connectivity index is 0.00000214. The minimum atomic E-state index is -0.588. The maximum absolute atomic E-state index is 4.98. The zero-order valence-corrected chi connectivity index (χ0v) is 36.5. The summed E-state index contributed by atoms with van der Waals surface area (Å²) in [7, 11) is 0. The second-order valence-electron chi connectivity index (χ2n) is 12.8. The summed E-state index contributed by atoms with van der Waals surface area (Å²) in [6.45, 7) is 29.3. The van der Waals surface area contributed by atoms with E-state index in [4.69, 9.17) is 25.3 Å². The Morgan fingerprint density at radius 3 is 1.60 bits per heavy atom. The average Bonchev–Trinajstić information content (AvgIpc) is 3.12. The number of anilines is 2. The maximum atomic E-state index is 4.98. The van der Waals surface area contributed by atoms with Crippen LogP contribution in [0.3, 0.4) is 0 Å². The van der Waals surface area contributed by atoms with Gasteiger partial charge in [-0.25, -0.2) is 0 Å². The lowest BCUT2D eigenvalue weighted by Gasteiger charge is -2.41. The van der Waals surface area contributed by atoms with Gasteiger partial charge in [0.2, 0.25) is 0 Å². The molecule has 0 amide bonds. The molecule has 0 bridgehead atoms. The predicted octanol–water partition coefficient (Wildman–Crippen LogP) is 15.2. The van der Waals surface area contributed by atoms with Crippen LogP contribution in [0.2, 0.25) is 0 Å². The minimum absolute atomic E-state index is 0.215. The topological polar surface area (TPSA) is 24.1 Å². The molecule has 0 radical (unpaired) electrons. The maximum Gasteiger partial charge on any atom is 0.112 e. The molecule has 0 heterocycles. The van der Waals surface area contributed by atoms with Crippen LogP contribution in [0.1, 0.15) is 102 Å². The Kier molecular flexibility index (Phi) is 21.3. The van der Waals surface area contributed by atoms with Crippen LogP contribution in [-0.4, -0.2) is 5.66 Å². The Bertz CT molecular complexity index is 1750. The highest BCUT2D eigenvalue weighted by Gasteiger charge is 2.34. The molecule has 4 aromatic rings. The van der Waals surface area contributed by atoms with Gasteiger partial charge in [0.15, 0.2) is 0 Å². The van der Waals surface area contributed by atoms with Crippen LogP contribution in [0.5, 0.6) is 0 Å². The van der Waals surface area contributed by atoms with Gasteiger partial charge in [-0.15, -0.1) is 25.3 Å². The zero-order chi connectivity index (χ0) is 39.4. The number of thiol groups is 2. The van der Waals surface area contributed by atoms with Crippen LogP contribution in [0.15, 0.2) is 119 Å². The van der Waals surface area contributed by atoms with E-state index in [9.17, 15) is 0 Å². The monoisotopic (exact) mass is 736 g/mol. The van der Waals surface area contributed by atoms with Crippen LogP contribution >= 0.6 is 25.3 Å². The molecular formula is C48H68N2S2. The zero-order valence-electron chi connectivity index (χ0n) is 34.7. The summed E-state index contributed by atoms with van der Waals surface area (Å²) in [5.41, 5.74) is 10.1. The smallest absolute Gasteiger partial charge is 0.112 e. The number of hydrogen-bond donors (Lipinski definition) is 4. The molecule has 4 aromatic carbocycles. The summed E-state index contributed by atoms with van der Waals surface area (Å²) >= 11 is 9.96. The molecule has 0 aliphatic heterocycles. The van der Waals surface area contributed by atoms with E-state index in [1.165, 1.54) is 49.7 Å². The Labute approximate surface area is 329 Å². The van der Waals surface area contributed by atoms with Crippen molar-refractivity contribution >= 4 is 47.4 Å². The van der Waals surface area contributed by atoms with Gasteiger partial charge >= 0.3 is 0 Å². The Morgan fingerprint density at radius 1 is 0.635 bits per heavy atom. The lowest BCUT2D eigenvalue weighted by atomic mass is 9.85. The number of nitrogens with one attached hydrogen (secondary N) is 2. The van der Waals surface area contributed by atoms with Crippen LogP contribution in [0.4, 0.5) is 11.4 Å². The molecule has 4 rings (SSSR count). The van der Waals surface area contributed by atoms with Crippen molar-refractivity contribution in [1.29, 1.82) is 0 Å². The lowest BCUT2D eigenvalue weighted by Crippen LogP contribution is -2.50. The number of allylic oxidation sites excluding steroid dienone is 8. The van der Waals surface area contributed by atoms with Crippen molar-refractivity contribution in [2.24, 2.45) is 5.92 Å². The fraction of sp³-hybridized carbons (Fsp3) is 0.375. The molecule has 0 saturated carbocycles. The van der Waals surface area contributed by atoms with Crippen molar-refractivity contribution in [1.82, 2.24) is 0 Å². The van der Waals surface area contributed by atoms with Crippen molar-refractivity contribution in [3.8, 4) is 0 Å². The highest BCUT2D eigenvalue weighted by atomic mass is 32.1. The standard InChI is InChI=1S/C42H50N2S2.3C2H6/c1-9-11-12-16-34(15-10-2)19-28(3)26-42(43-38-21-29(4)31(6)23-40(38)45,44-39-22-30(5)32(7)24-41(39)46)27-37-25-36-18-14-13-17-35(36)20-33(37)8;3*1-2/h9-25,28,43-46H,26-27H2,1-8H3;3*1-2H3/b11-9-,15-10-,16-12-,34-19+;;;. The van der Waals surface area contributed by atoms with Crippen molar-refractivity contribution in [2.45, 2.75) is 125 Å². The summed E-state index contributed by atoms with van der Waals surface area (Å²) < 4.78 is 0. The molecule has 4 heteroatoms. The lowest BCUT2D eigenvalue weighted by molar-refractivity contribution is 0.428. The molecule has 1 unspecified atom stereocenters. The third kappa shape index (κ3) is 13.7. The summed E-state index contributed by atoms with van der Waals surface area (Å²) in [6.07, 6.45) is 16.6. The molecule has 282 valence electrons. The number of rotatable bonds is 12. The highest BCUT2D eigenvalue weighted by molar-refractivity contribution is 7.80. The van der Waals surface area contributed by atoms with Gasteiger partial charge < -0.3 is 10.6 Å². The first-order chi connectivity index (χ1) is 24.9. The van der Waals surface area contributed by atoms with Gasteiger partial charge in [-0.2, -0.15) is 0 Å². The fourth-order valence-electron chi connectivity index (χ4n) is 6.10. The molecular weight excluding hydrogens is 669 g/mol. The van der Waals surface area contributed by atoms with E-state index in [0.29, 0.717) is 0 Å². The summed E-state index contributed by atoms with van der Waals surface area (Å²) in [6, 6.07) is 22.1. The second kappa shape index (κ2) is 23.9. The van der Waals surface area contributed by atoms with Crippen LogP contribution in [0.25, 0.3) is 10.8 Å². The van der Waals surface area contributed by atoms with Gasteiger partial charge in [-0.1, -0.05) is 127 Å². The third-order valence-corrected chi connectivity index (χ3v) is 9.51. The summed E-state index contributed by atoms with van der Waals surface area (Å²) in [5.74, 6) is 0.215. The largest absolute Gasteiger partial charge is 0.362 e. The van der Waals surface area contributed by atoms with E-state index in [1.807, 2.05) is 48.5 Å². The highest BCUT2D eigenvalue weighted by Crippen LogP contribution is 2.37. The minimum Gasteiger partial charge on any atom is -0.362 e. The van der Waals surface area contributed by atoms with Crippen LogP contribution < -0.4 is 10.6 Å². The van der Waals surface area contributed by atoms with Gasteiger partial charge in [0.05, 0.1) is 0 Å². The first-order valence-corrected chi connectivity index (χ1v) is 20.1. The molecule has 0 aliphatic carbocycles. The number of benzene rings is 4. The van der Waals surface area contributed by atoms with Gasteiger partial charge in [0, 0.05) is 27.6 Å². The van der Waals surface area contributed by atoms with E-state index in [-0.39, 0.29) is 5.92 Å². The average molecular weight is 737 g/mol. The van der Waals surface area contributed by atoms with E-state index in [2.05, 4.69) is 162 Å². The molecule has 0 spiro atoms. The number of fused-ring (bicyclic) bond motifs is 1. The van der Waals surface area contributed by atoms with E-state index < -0.39 is 5.66 Å². The van der Waals surface area contributed by atoms with Gasteiger partial charge in [0.1, 0.15) is 5.66 Å². The van der Waals surface area contributed by atoms with Crippen molar-refractivity contribution < 1.29 is 0 Å². The number of aryl methyl sites for hydroxylation is 5.